The number of ether oxygens (including phenoxy) is 2. The normalized spacial score (nSPS) is 10.4. The predicted octanol–water partition coefficient (Wildman–Crippen LogP) is 5.19. The molecule has 0 aliphatic carbocycles. The smallest absolute Gasteiger partial charge is 0.234 e. The van der Waals surface area contributed by atoms with E-state index in [9.17, 15) is 4.79 Å². The number of carbonyl (C=O) groups is 1. The summed E-state index contributed by atoms with van der Waals surface area (Å²) in [5.74, 6) is 2.13. The molecule has 7 heteroatoms. The number of aromatic nitrogens is 1. The summed E-state index contributed by atoms with van der Waals surface area (Å²) < 4.78 is 11.2. The molecule has 0 saturated carbocycles. The van der Waals surface area contributed by atoms with Gasteiger partial charge in [-0.3, -0.25) is 9.78 Å². The first-order valence-electron chi connectivity index (χ1n) is 8.96. The molecule has 0 aliphatic rings. The second kappa shape index (κ2) is 10.7. The second-order valence-electron chi connectivity index (χ2n) is 6.19. The Balaban J connectivity index is 1.54. The Morgan fingerprint density at radius 1 is 1.10 bits per heavy atom. The molecule has 5 nitrogen and oxygen atoms in total. The maximum absolute atomic E-state index is 12.3. The fourth-order valence-corrected chi connectivity index (χ4v) is 3.59. The number of amides is 1. The van der Waals surface area contributed by atoms with Crippen LogP contribution in [0, 0.1) is 0 Å². The van der Waals surface area contributed by atoms with Crippen molar-refractivity contribution in [1.29, 1.82) is 0 Å². The van der Waals surface area contributed by atoms with Gasteiger partial charge in [-0.2, -0.15) is 0 Å². The van der Waals surface area contributed by atoms with E-state index in [2.05, 4.69) is 10.3 Å². The van der Waals surface area contributed by atoms with Crippen LogP contribution in [0.4, 0.5) is 5.69 Å². The van der Waals surface area contributed by atoms with Gasteiger partial charge in [-0.15, -0.1) is 11.8 Å². The van der Waals surface area contributed by atoms with Crippen LogP contribution in [-0.4, -0.2) is 23.8 Å². The number of rotatable bonds is 9. The van der Waals surface area contributed by atoms with Crippen LogP contribution in [0.1, 0.15) is 11.1 Å². The molecule has 1 N–H and O–H groups in total. The largest absolute Gasteiger partial charge is 0.493 e. The first-order valence-corrected chi connectivity index (χ1v) is 10.5. The quantitative estimate of drug-likeness (QED) is 0.508. The van der Waals surface area contributed by atoms with E-state index in [4.69, 9.17) is 21.1 Å². The van der Waals surface area contributed by atoms with Crippen LogP contribution in [-0.2, 0) is 17.2 Å². The first-order chi connectivity index (χ1) is 14.1. The average molecular weight is 429 g/mol. The molecule has 2 aromatic carbocycles. The zero-order chi connectivity index (χ0) is 20.5. The Bertz CT molecular complexity index is 954. The van der Waals surface area contributed by atoms with E-state index in [0.717, 1.165) is 16.9 Å². The van der Waals surface area contributed by atoms with E-state index < -0.39 is 0 Å². The summed E-state index contributed by atoms with van der Waals surface area (Å²) >= 11 is 7.51. The van der Waals surface area contributed by atoms with E-state index in [1.807, 2.05) is 36.4 Å². The molecule has 3 aromatic rings. The number of halogens is 1. The summed E-state index contributed by atoms with van der Waals surface area (Å²) in [6.07, 6.45) is 3.46. The number of methoxy groups -OCH3 is 1. The predicted molar refractivity (Wildman–Crippen MR) is 118 cm³/mol. The van der Waals surface area contributed by atoms with Gasteiger partial charge in [0.15, 0.2) is 11.5 Å². The van der Waals surface area contributed by atoms with Gasteiger partial charge in [0.05, 0.1) is 12.9 Å². The molecule has 0 saturated heterocycles. The summed E-state index contributed by atoms with van der Waals surface area (Å²) in [6, 6.07) is 16.7. The van der Waals surface area contributed by atoms with Crippen molar-refractivity contribution in [3.63, 3.8) is 0 Å². The van der Waals surface area contributed by atoms with E-state index in [1.54, 1.807) is 37.7 Å². The van der Waals surface area contributed by atoms with Gasteiger partial charge in [-0.05, 0) is 35.9 Å². The standard InChI is InChI=1S/C22H21ClN2O3S/c1-27-20-8-7-19(11-21(20)28-13-17-5-3-9-24-12-17)25-22(26)15-29-14-16-4-2-6-18(23)10-16/h2-12H,13-15H2,1H3,(H,25,26). The number of pyridine rings is 1. The number of anilines is 1. The van der Waals surface area contributed by atoms with Crippen molar-refractivity contribution in [3.05, 3.63) is 83.1 Å². The Hall–Kier alpha value is -2.70. The number of hydrogen-bond donors (Lipinski definition) is 1. The minimum atomic E-state index is -0.0830. The van der Waals surface area contributed by atoms with Crippen LogP contribution in [0.2, 0.25) is 5.02 Å². The minimum Gasteiger partial charge on any atom is -0.493 e. The van der Waals surface area contributed by atoms with Gasteiger partial charge < -0.3 is 14.8 Å². The average Bonchev–Trinajstić information content (AvgIpc) is 2.73. The van der Waals surface area contributed by atoms with Crippen LogP contribution in [0.3, 0.4) is 0 Å². The van der Waals surface area contributed by atoms with Crippen LogP contribution in [0.15, 0.2) is 67.0 Å². The van der Waals surface area contributed by atoms with Gasteiger partial charge >= 0.3 is 0 Å². The van der Waals surface area contributed by atoms with E-state index >= 15 is 0 Å². The molecule has 3 rings (SSSR count). The molecule has 0 bridgehead atoms. The second-order valence-corrected chi connectivity index (χ2v) is 7.61. The Morgan fingerprint density at radius 3 is 2.72 bits per heavy atom. The van der Waals surface area contributed by atoms with Crippen molar-refractivity contribution in [2.45, 2.75) is 12.4 Å². The highest BCUT2D eigenvalue weighted by atomic mass is 35.5. The highest BCUT2D eigenvalue weighted by Gasteiger charge is 2.09. The molecule has 0 spiro atoms. The van der Waals surface area contributed by atoms with E-state index in [1.165, 1.54) is 11.8 Å². The lowest BCUT2D eigenvalue weighted by Gasteiger charge is -2.13. The monoisotopic (exact) mass is 428 g/mol. The fourth-order valence-electron chi connectivity index (χ4n) is 2.60. The van der Waals surface area contributed by atoms with Crippen molar-refractivity contribution in [3.8, 4) is 11.5 Å². The lowest BCUT2D eigenvalue weighted by atomic mass is 10.2. The Labute approximate surface area is 179 Å². The molecule has 0 unspecified atom stereocenters. The van der Waals surface area contributed by atoms with Gasteiger partial charge in [0.25, 0.3) is 0 Å². The number of carbonyl (C=O) groups excluding carboxylic acids is 1. The molecule has 150 valence electrons. The molecule has 0 radical (unpaired) electrons. The van der Waals surface area contributed by atoms with Crippen LogP contribution >= 0.6 is 23.4 Å². The Morgan fingerprint density at radius 2 is 1.97 bits per heavy atom. The number of thioether (sulfide) groups is 1. The van der Waals surface area contributed by atoms with Gasteiger partial charge in [0.2, 0.25) is 5.91 Å². The molecule has 0 atom stereocenters. The summed E-state index contributed by atoms with van der Waals surface area (Å²) in [6.45, 7) is 0.358. The fraction of sp³-hybridized carbons (Fsp3) is 0.182. The van der Waals surface area contributed by atoms with Crippen molar-refractivity contribution >= 4 is 35.0 Å². The van der Waals surface area contributed by atoms with Gasteiger partial charge in [0, 0.05) is 40.5 Å². The SMILES string of the molecule is COc1ccc(NC(=O)CSCc2cccc(Cl)c2)cc1OCc1cccnc1. The molecule has 1 aromatic heterocycles. The highest BCUT2D eigenvalue weighted by Crippen LogP contribution is 2.31. The number of nitrogens with one attached hydrogen (secondary N) is 1. The molecular formula is C22H21ClN2O3S. The maximum atomic E-state index is 12.3. The van der Waals surface area contributed by atoms with E-state index in [0.29, 0.717) is 34.6 Å². The molecule has 1 heterocycles. The summed E-state index contributed by atoms with van der Waals surface area (Å²) in [4.78, 5) is 16.4. The molecule has 1 amide bonds. The lowest BCUT2D eigenvalue weighted by Crippen LogP contribution is -2.14. The third-order valence-corrected chi connectivity index (χ3v) is 5.19. The third kappa shape index (κ3) is 6.69. The van der Waals surface area contributed by atoms with Crippen LogP contribution in [0.5, 0.6) is 11.5 Å². The van der Waals surface area contributed by atoms with Gasteiger partial charge in [-0.25, -0.2) is 0 Å². The van der Waals surface area contributed by atoms with Crippen molar-refractivity contribution in [2.24, 2.45) is 0 Å². The number of benzene rings is 2. The summed E-state index contributed by atoms with van der Waals surface area (Å²) in [5, 5.41) is 3.59. The Kier molecular flexibility index (Phi) is 7.78. The maximum Gasteiger partial charge on any atom is 0.234 e. The number of nitrogens with zero attached hydrogens (tertiary/aromatic N) is 1. The van der Waals surface area contributed by atoms with Crippen LogP contribution < -0.4 is 14.8 Å². The van der Waals surface area contributed by atoms with Crippen LogP contribution in [0.25, 0.3) is 0 Å². The van der Waals surface area contributed by atoms with Gasteiger partial charge in [-0.1, -0.05) is 29.8 Å². The minimum absolute atomic E-state index is 0.0830. The molecule has 0 aliphatic heterocycles. The zero-order valence-corrected chi connectivity index (χ0v) is 17.5. The van der Waals surface area contributed by atoms with Gasteiger partial charge in [0.1, 0.15) is 6.61 Å². The zero-order valence-electron chi connectivity index (χ0n) is 15.9. The molecule has 29 heavy (non-hydrogen) atoms. The topological polar surface area (TPSA) is 60.5 Å². The molecular weight excluding hydrogens is 408 g/mol. The third-order valence-electron chi connectivity index (χ3n) is 3.96. The lowest BCUT2D eigenvalue weighted by molar-refractivity contribution is -0.113. The van der Waals surface area contributed by atoms with Crippen molar-refractivity contribution in [1.82, 2.24) is 4.98 Å². The first kappa shape index (κ1) is 21.0. The number of hydrogen-bond acceptors (Lipinski definition) is 5. The van der Waals surface area contributed by atoms with Crippen molar-refractivity contribution in [2.75, 3.05) is 18.2 Å². The van der Waals surface area contributed by atoms with E-state index in [-0.39, 0.29) is 5.91 Å². The molecule has 0 fully saturated rings. The highest BCUT2D eigenvalue weighted by molar-refractivity contribution is 7.99. The summed E-state index contributed by atoms with van der Waals surface area (Å²) in [5.41, 5.74) is 2.69. The van der Waals surface area contributed by atoms with Crippen molar-refractivity contribution < 1.29 is 14.3 Å². The summed E-state index contributed by atoms with van der Waals surface area (Å²) in [7, 11) is 1.58.